The number of aromatic nitrogens is 1. The molecule has 0 radical (unpaired) electrons. The Bertz CT molecular complexity index is 960. The quantitative estimate of drug-likeness (QED) is 0.630. The molecule has 5 heteroatoms. The predicted octanol–water partition coefficient (Wildman–Crippen LogP) is 5.18. The van der Waals surface area contributed by atoms with E-state index in [9.17, 15) is 4.79 Å². The zero-order valence-electron chi connectivity index (χ0n) is 13.6. The molecule has 1 aromatic heterocycles. The van der Waals surface area contributed by atoms with E-state index in [4.69, 9.17) is 23.2 Å². The fourth-order valence-corrected chi connectivity index (χ4v) is 4.00. The molecule has 1 atom stereocenters. The third-order valence-corrected chi connectivity index (χ3v) is 5.08. The fourth-order valence-electron chi connectivity index (χ4n) is 3.37. The predicted molar refractivity (Wildman–Crippen MR) is 101 cm³/mol. The number of hydrogen-bond donors (Lipinski definition) is 1. The summed E-state index contributed by atoms with van der Waals surface area (Å²) >= 11 is 12.7. The van der Waals surface area contributed by atoms with E-state index in [1.807, 2.05) is 42.6 Å². The summed E-state index contributed by atoms with van der Waals surface area (Å²) in [4.78, 5) is 11.5. The van der Waals surface area contributed by atoms with Crippen LogP contribution in [0.1, 0.15) is 40.1 Å². The van der Waals surface area contributed by atoms with E-state index in [1.54, 1.807) is 13.0 Å². The zero-order valence-corrected chi connectivity index (χ0v) is 15.1. The molecule has 0 bridgehead atoms. The minimum atomic E-state index is -0.00162. The first kappa shape index (κ1) is 16.4. The summed E-state index contributed by atoms with van der Waals surface area (Å²) in [5.41, 5.74) is 4.92. The number of rotatable bonds is 2. The summed E-state index contributed by atoms with van der Waals surface area (Å²) < 4.78 is 2.11. The standard InChI is InChI=1S/C20H16Cl2N2O/c1-12(25)13-4-6-14(7-5-13)19-18-3-2-8-24(18)20-15(11-23-19)9-16(21)10-17(20)22/h2-10,19,23H,11H2,1H3. The van der Waals surface area contributed by atoms with Crippen molar-refractivity contribution in [2.45, 2.75) is 19.5 Å². The van der Waals surface area contributed by atoms with Gasteiger partial charge in [-0.05, 0) is 42.3 Å². The summed E-state index contributed by atoms with van der Waals surface area (Å²) in [5.74, 6) is 0.0672. The third-order valence-electron chi connectivity index (χ3n) is 4.57. The Morgan fingerprint density at radius 3 is 2.64 bits per heavy atom. The van der Waals surface area contributed by atoms with E-state index in [1.165, 1.54) is 0 Å². The highest BCUT2D eigenvalue weighted by atomic mass is 35.5. The van der Waals surface area contributed by atoms with Gasteiger partial charge >= 0.3 is 0 Å². The molecular weight excluding hydrogens is 355 g/mol. The van der Waals surface area contributed by atoms with Crippen molar-refractivity contribution in [1.29, 1.82) is 0 Å². The van der Waals surface area contributed by atoms with Crippen molar-refractivity contribution in [2.75, 3.05) is 0 Å². The molecule has 3 nitrogen and oxygen atoms in total. The molecule has 0 fully saturated rings. The second-order valence-corrected chi connectivity index (χ2v) is 7.03. The van der Waals surface area contributed by atoms with E-state index in [-0.39, 0.29) is 11.8 Å². The van der Waals surface area contributed by atoms with Crippen molar-refractivity contribution < 1.29 is 4.79 Å². The molecule has 1 aliphatic rings. The van der Waals surface area contributed by atoms with Gasteiger partial charge in [-0.25, -0.2) is 0 Å². The van der Waals surface area contributed by atoms with E-state index in [2.05, 4.69) is 16.0 Å². The number of nitrogens with one attached hydrogen (secondary N) is 1. The van der Waals surface area contributed by atoms with Gasteiger partial charge in [0.25, 0.3) is 0 Å². The van der Waals surface area contributed by atoms with Crippen LogP contribution < -0.4 is 5.32 Å². The number of hydrogen-bond acceptors (Lipinski definition) is 2. The molecule has 0 amide bonds. The fraction of sp³-hybridized carbons (Fsp3) is 0.150. The Kier molecular flexibility index (Phi) is 4.16. The number of ketones is 1. The maximum absolute atomic E-state index is 11.5. The minimum absolute atomic E-state index is 0.00162. The van der Waals surface area contributed by atoms with Crippen LogP contribution >= 0.6 is 23.2 Å². The van der Waals surface area contributed by atoms with Gasteiger partial charge < -0.3 is 9.88 Å². The average Bonchev–Trinajstić information content (AvgIpc) is 2.98. The van der Waals surface area contributed by atoms with Crippen LogP contribution in [-0.2, 0) is 6.54 Å². The smallest absolute Gasteiger partial charge is 0.159 e. The van der Waals surface area contributed by atoms with Gasteiger partial charge in [-0.3, -0.25) is 4.79 Å². The lowest BCUT2D eigenvalue weighted by Crippen LogP contribution is -2.21. The number of nitrogens with zero attached hydrogens (tertiary/aromatic N) is 1. The Morgan fingerprint density at radius 2 is 1.92 bits per heavy atom. The Balaban J connectivity index is 1.82. The lowest BCUT2D eigenvalue weighted by Gasteiger charge is -2.18. The zero-order chi connectivity index (χ0) is 17.6. The van der Waals surface area contributed by atoms with Crippen LogP contribution in [0.4, 0.5) is 0 Å². The SMILES string of the molecule is CC(=O)c1ccc(C2NCc3cc(Cl)cc(Cl)c3-n3cccc32)cc1. The number of halogens is 2. The molecule has 1 unspecified atom stereocenters. The topological polar surface area (TPSA) is 34.0 Å². The lowest BCUT2D eigenvalue weighted by atomic mass is 10.0. The van der Waals surface area contributed by atoms with Crippen molar-refractivity contribution in [2.24, 2.45) is 0 Å². The maximum atomic E-state index is 11.5. The summed E-state index contributed by atoms with van der Waals surface area (Å²) in [5, 5.41) is 4.84. The molecule has 1 aliphatic heterocycles. The molecule has 4 rings (SSSR count). The monoisotopic (exact) mass is 370 g/mol. The number of fused-ring (bicyclic) bond motifs is 3. The second-order valence-electron chi connectivity index (χ2n) is 6.19. The van der Waals surface area contributed by atoms with Crippen LogP contribution in [0.25, 0.3) is 5.69 Å². The molecule has 0 saturated carbocycles. The van der Waals surface area contributed by atoms with Gasteiger partial charge in [0.15, 0.2) is 5.78 Å². The number of carbonyl (C=O) groups excluding carboxylic acids is 1. The van der Waals surface area contributed by atoms with Gasteiger partial charge in [-0.1, -0.05) is 47.5 Å². The summed E-state index contributed by atoms with van der Waals surface area (Å²) in [6.07, 6.45) is 2.01. The Labute approximate surface area is 156 Å². The highest BCUT2D eigenvalue weighted by Crippen LogP contribution is 2.35. The molecule has 0 saturated heterocycles. The normalized spacial score (nSPS) is 16.0. The lowest BCUT2D eigenvalue weighted by molar-refractivity contribution is 0.101. The van der Waals surface area contributed by atoms with Crippen molar-refractivity contribution in [1.82, 2.24) is 9.88 Å². The molecule has 0 spiro atoms. The number of Topliss-reactive ketones (excluding diaryl/α,β-unsaturated/α-hetero) is 1. The van der Waals surface area contributed by atoms with Gasteiger partial charge in [-0.2, -0.15) is 0 Å². The van der Waals surface area contributed by atoms with Crippen LogP contribution in [0.2, 0.25) is 10.0 Å². The van der Waals surface area contributed by atoms with Crippen LogP contribution in [0.3, 0.4) is 0 Å². The van der Waals surface area contributed by atoms with Crippen LogP contribution in [0.5, 0.6) is 0 Å². The number of carbonyl (C=O) groups is 1. The average molecular weight is 371 g/mol. The molecule has 1 N–H and O–H groups in total. The van der Waals surface area contributed by atoms with Crippen LogP contribution in [0.15, 0.2) is 54.7 Å². The minimum Gasteiger partial charge on any atom is -0.317 e. The van der Waals surface area contributed by atoms with Crippen molar-refractivity contribution in [3.63, 3.8) is 0 Å². The van der Waals surface area contributed by atoms with Gasteiger partial charge in [0.05, 0.1) is 16.8 Å². The van der Waals surface area contributed by atoms with E-state index in [0.29, 0.717) is 22.2 Å². The van der Waals surface area contributed by atoms with Crippen LogP contribution in [-0.4, -0.2) is 10.4 Å². The van der Waals surface area contributed by atoms with E-state index in [0.717, 1.165) is 22.5 Å². The molecule has 126 valence electrons. The summed E-state index contributed by atoms with van der Waals surface area (Å²) in [6, 6.07) is 15.5. The van der Waals surface area contributed by atoms with Gasteiger partial charge in [0.2, 0.25) is 0 Å². The van der Waals surface area contributed by atoms with E-state index >= 15 is 0 Å². The first-order valence-electron chi connectivity index (χ1n) is 8.04. The molecule has 25 heavy (non-hydrogen) atoms. The highest BCUT2D eigenvalue weighted by molar-refractivity contribution is 6.36. The number of benzene rings is 2. The Hall–Kier alpha value is -2.07. The third kappa shape index (κ3) is 2.89. The van der Waals surface area contributed by atoms with Gasteiger partial charge in [0.1, 0.15) is 0 Å². The van der Waals surface area contributed by atoms with Gasteiger partial charge in [0, 0.05) is 29.0 Å². The molecule has 0 aliphatic carbocycles. The van der Waals surface area contributed by atoms with Crippen molar-refractivity contribution in [3.05, 3.63) is 87.2 Å². The van der Waals surface area contributed by atoms with Gasteiger partial charge in [-0.15, -0.1) is 0 Å². The molecule has 3 aromatic rings. The maximum Gasteiger partial charge on any atom is 0.159 e. The van der Waals surface area contributed by atoms with Crippen LogP contribution in [0, 0.1) is 0 Å². The van der Waals surface area contributed by atoms with Crippen molar-refractivity contribution in [3.8, 4) is 5.69 Å². The molecule has 2 heterocycles. The summed E-state index contributed by atoms with van der Waals surface area (Å²) in [6.45, 7) is 2.23. The van der Waals surface area contributed by atoms with E-state index < -0.39 is 0 Å². The van der Waals surface area contributed by atoms with Crippen molar-refractivity contribution >= 4 is 29.0 Å². The first-order valence-corrected chi connectivity index (χ1v) is 8.80. The highest BCUT2D eigenvalue weighted by Gasteiger charge is 2.24. The summed E-state index contributed by atoms with van der Waals surface area (Å²) in [7, 11) is 0. The first-order chi connectivity index (χ1) is 12.0. The molecular formula is C20H16Cl2N2O. The second kappa shape index (κ2) is 6.34. The Morgan fingerprint density at radius 1 is 1.16 bits per heavy atom. The molecule has 2 aromatic carbocycles. The largest absolute Gasteiger partial charge is 0.317 e.